The fraction of sp³-hybridized carbons (Fsp3) is 0.500. The molecule has 0 aliphatic heterocycles. The predicted molar refractivity (Wildman–Crippen MR) is 62.0 cm³/mol. The molecule has 16 heavy (non-hydrogen) atoms. The van der Waals surface area contributed by atoms with Crippen molar-refractivity contribution in [1.82, 2.24) is 0 Å². The highest BCUT2D eigenvalue weighted by Gasteiger charge is 2.02. The average Bonchev–Trinajstić information content (AvgIpc) is 2.22. The number of ether oxygens (including phenoxy) is 2. The van der Waals surface area contributed by atoms with Gasteiger partial charge in [0.1, 0.15) is 18.2 Å². The minimum Gasteiger partial charge on any atom is -0.489 e. The van der Waals surface area contributed by atoms with Crippen LogP contribution in [0.25, 0.3) is 0 Å². The molecule has 0 radical (unpaired) electrons. The van der Waals surface area contributed by atoms with Gasteiger partial charge in [-0.3, -0.25) is 0 Å². The molecule has 0 fully saturated rings. The summed E-state index contributed by atoms with van der Waals surface area (Å²) in [6, 6.07) is 4.06. The van der Waals surface area contributed by atoms with E-state index >= 15 is 0 Å². The lowest BCUT2D eigenvalue weighted by atomic mass is 10.2. The van der Waals surface area contributed by atoms with Crippen molar-refractivity contribution in [2.75, 3.05) is 25.6 Å². The molecule has 1 aromatic carbocycles. The molecule has 0 atom stereocenters. The Morgan fingerprint density at radius 3 is 2.75 bits per heavy atom. The molecule has 0 aliphatic carbocycles. The summed E-state index contributed by atoms with van der Waals surface area (Å²) in [6.45, 7) is 5.70. The maximum atomic E-state index is 12.9. The van der Waals surface area contributed by atoms with Gasteiger partial charge in [-0.15, -0.1) is 0 Å². The van der Waals surface area contributed by atoms with E-state index in [4.69, 9.17) is 15.2 Å². The summed E-state index contributed by atoms with van der Waals surface area (Å²) in [5.74, 6) is 0.514. The number of hydrogen-bond donors (Lipinski definition) is 1. The van der Waals surface area contributed by atoms with Crippen molar-refractivity contribution < 1.29 is 13.9 Å². The summed E-state index contributed by atoms with van der Waals surface area (Å²) in [5, 5.41) is 0. The van der Waals surface area contributed by atoms with Crippen LogP contribution >= 0.6 is 0 Å². The Kier molecular flexibility index (Phi) is 5.05. The Balaban J connectivity index is 2.29. The van der Waals surface area contributed by atoms with Crippen molar-refractivity contribution in [3.8, 4) is 5.75 Å². The lowest BCUT2D eigenvalue weighted by Gasteiger charge is -2.10. The van der Waals surface area contributed by atoms with Gasteiger partial charge in [0.05, 0.1) is 12.3 Å². The summed E-state index contributed by atoms with van der Waals surface area (Å²) >= 11 is 0. The third kappa shape index (κ3) is 4.49. The van der Waals surface area contributed by atoms with E-state index < -0.39 is 0 Å². The van der Waals surface area contributed by atoms with Crippen molar-refractivity contribution in [1.29, 1.82) is 0 Å². The highest BCUT2D eigenvalue weighted by Crippen LogP contribution is 2.21. The minimum absolute atomic E-state index is 0.354. The summed E-state index contributed by atoms with van der Waals surface area (Å²) in [6.07, 6.45) is 0. The first kappa shape index (κ1) is 12.8. The Bertz CT molecular complexity index is 329. The van der Waals surface area contributed by atoms with Crippen LogP contribution in [0.4, 0.5) is 10.1 Å². The number of nitrogens with two attached hydrogens (primary N) is 1. The van der Waals surface area contributed by atoms with Gasteiger partial charge in [0.15, 0.2) is 0 Å². The lowest BCUT2D eigenvalue weighted by Crippen LogP contribution is -2.11. The third-order valence-electron chi connectivity index (χ3n) is 1.91. The first-order valence-corrected chi connectivity index (χ1v) is 5.35. The molecule has 90 valence electrons. The molecule has 0 amide bonds. The molecule has 0 saturated carbocycles. The van der Waals surface area contributed by atoms with Gasteiger partial charge in [0.2, 0.25) is 0 Å². The van der Waals surface area contributed by atoms with E-state index in [2.05, 4.69) is 13.8 Å². The second kappa shape index (κ2) is 6.33. The first-order valence-electron chi connectivity index (χ1n) is 5.35. The van der Waals surface area contributed by atoms with Crippen molar-refractivity contribution >= 4 is 5.69 Å². The van der Waals surface area contributed by atoms with Crippen LogP contribution < -0.4 is 10.5 Å². The second-order valence-electron chi connectivity index (χ2n) is 4.00. The van der Waals surface area contributed by atoms with Crippen molar-refractivity contribution in [3.05, 3.63) is 24.0 Å². The van der Waals surface area contributed by atoms with E-state index in [1.807, 2.05) is 0 Å². The monoisotopic (exact) mass is 227 g/mol. The summed E-state index contributed by atoms with van der Waals surface area (Å²) in [4.78, 5) is 0. The molecule has 0 spiro atoms. The fourth-order valence-electron chi connectivity index (χ4n) is 1.16. The lowest BCUT2D eigenvalue weighted by molar-refractivity contribution is 0.0820. The zero-order chi connectivity index (χ0) is 12.0. The van der Waals surface area contributed by atoms with Crippen molar-refractivity contribution in [3.63, 3.8) is 0 Å². The Morgan fingerprint density at radius 2 is 2.06 bits per heavy atom. The maximum absolute atomic E-state index is 12.9. The Labute approximate surface area is 95.4 Å². The number of benzene rings is 1. The van der Waals surface area contributed by atoms with Gasteiger partial charge >= 0.3 is 0 Å². The van der Waals surface area contributed by atoms with Gasteiger partial charge in [-0.1, -0.05) is 13.8 Å². The number of halogens is 1. The highest BCUT2D eigenvalue weighted by atomic mass is 19.1. The van der Waals surface area contributed by atoms with Crippen LogP contribution in [0.1, 0.15) is 13.8 Å². The van der Waals surface area contributed by atoms with Crippen molar-refractivity contribution in [2.24, 2.45) is 5.92 Å². The molecule has 0 aromatic heterocycles. The molecule has 2 N–H and O–H groups in total. The van der Waals surface area contributed by atoms with E-state index in [0.717, 1.165) is 0 Å². The first-order chi connectivity index (χ1) is 7.59. The van der Waals surface area contributed by atoms with Crippen molar-refractivity contribution in [2.45, 2.75) is 13.8 Å². The molecule has 0 aliphatic rings. The van der Waals surface area contributed by atoms with Gasteiger partial charge in [-0.05, 0) is 18.1 Å². The second-order valence-corrected chi connectivity index (χ2v) is 4.00. The van der Waals surface area contributed by atoms with Crippen LogP contribution in [0, 0.1) is 11.7 Å². The molecule has 0 bridgehead atoms. The summed E-state index contributed by atoms with van der Waals surface area (Å²) < 4.78 is 23.5. The minimum atomic E-state index is -0.354. The molecule has 1 aromatic rings. The maximum Gasteiger partial charge on any atom is 0.145 e. The average molecular weight is 227 g/mol. The van der Waals surface area contributed by atoms with Gasteiger partial charge in [0, 0.05) is 12.7 Å². The van der Waals surface area contributed by atoms with Crippen LogP contribution in [0.3, 0.4) is 0 Å². The topological polar surface area (TPSA) is 44.5 Å². The normalized spacial score (nSPS) is 10.8. The van der Waals surface area contributed by atoms with Crippen LogP contribution in [-0.2, 0) is 4.74 Å². The molecule has 1 rings (SSSR count). The summed E-state index contributed by atoms with van der Waals surface area (Å²) in [5.41, 5.74) is 6.06. The number of hydrogen-bond acceptors (Lipinski definition) is 3. The number of anilines is 1. The molecule has 4 heteroatoms. The number of nitrogen functional groups attached to an aromatic ring is 1. The standard InChI is InChI=1S/C12H18FNO2/c1-9(2)8-15-5-6-16-12-7-10(13)3-4-11(12)14/h3-4,7,9H,5-6,8,14H2,1-2H3. The molecular weight excluding hydrogens is 209 g/mol. The summed E-state index contributed by atoms with van der Waals surface area (Å²) in [7, 11) is 0. The van der Waals surface area contributed by atoms with Crippen LogP contribution in [0.2, 0.25) is 0 Å². The SMILES string of the molecule is CC(C)COCCOc1cc(F)ccc1N. The quantitative estimate of drug-likeness (QED) is 0.599. The predicted octanol–water partition coefficient (Wildman–Crippen LogP) is 2.46. The van der Waals surface area contributed by atoms with Crippen LogP contribution in [0.15, 0.2) is 18.2 Å². The van der Waals surface area contributed by atoms with E-state index in [0.29, 0.717) is 37.2 Å². The van der Waals surface area contributed by atoms with Gasteiger partial charge in [-0.2, -0.15) is 0 Å². The number of rotatable bonds is 6. The Morgan fingerprint density at radius 1 is 1.31 bits per heavy atom. The highest BCUT2D eigenvalue weighted by molar-refractivity contribution is 5.52. The van der Waals surface area contributed by atoms with E-state index in [1.165, 1.54) is 18.2 Å². The zero-order valence-corrected chi connectivity index (χ0v) is 9.70. The van der Waals surface area contributed by atoms with E-state index in [1.54, 1.807) is 0 Å². The van der Waals surface area contributed by atoms with Gasteiger partial charge < -0.3 is 15.2 Å². The Hall–Kier alpha value is -1.29. The zero-order valence-electron chi connectivity index (χ0n) is 9.70. The van der Waals surface area contributed by atoms with E-state index in [9.17, 15) is 4.39 Å². The third-order valence-corrected chi connectivity index (χ3v) is 1.91. The molecular formula is C12H18FNO2. The molecule has 3 nitrogen and oxygen atoms in total. The molecule has 0 heterocycles. The van der Waals surface area contributed by atoms with Gasteiger partial charge in [0.25, 0.3) is 0 Å². The largest absolute Gasteiger partial charge is 0.489 e. The fourth-order valence-corrected chi connectivity index (χ4v) is 1.16. The molecule has 0 saturated heterocycles. The van der Waals surface area contributed by atoms with Gasteiger partial charge in [-0.25, -0.2) is 4.39 Å². The van der Waals surface area contributed by atoms with Crippen LogP contribution in [-0.4, -0.2) is 19.8 Å². The molecule has 0 unspecified atom stereocenters. The smallest absolute Gasteiger partial charge is 0.145 e. The van der Waals surface area contributed by atoms with E-state index in [-0.39, 0.29) is 5.82 Å². The van der Waals surface area contributed by atoms with Crippen LogP contribution in [0.5, 0.6) is 5.75 Å².